The van der Waals surface area contributed by atoms with Crippen LogP contribution in [0.1, 0.15) is 30.6 Å². The highest BCUT2D eigenvalue weighted by Crippen LogP contribution is 2.08. The van der Waals surface area contributed by atoms with Gasteiger partial charge < -0.3 is 10.4 Å². The molecule has 0 radical (unpaired) electrons. The molecule has 1 atom stereocenters. The van der Waals surface area contributed by atoms with Crippen LogP contribution >= 0.6 is 0 Å². The average molecular weight is 289 g/mol. The first-order chi connectivity index (χ1) is 10.1. The number of hydrogen-bond acceptors (Lipinski definition) is 5. The highest BCUT2D eigenvalue weighted by molar-refractivity contribution is 5.94. The molecule has 2 rings (SSSR count). The van der Waals surface area contributed by atoms with E-state index in [2.05, 4.69) is 20.8 Å². The minimum Gasteiger partial charge on any atom is -0.391 e. The Balaban J connectivity index is 1.91. The summed E-state index contributed by atoms with van der Waals surface area (Å²) in [6.45, 7) is 4.32. The van der Waals surface area contributed by atoms with Crippen molar-refractivity contribution in [2.75, 3.05) is 6.54 Å². The van der Waals surface area contributed by atoms with Crippen molar-refractivity contribution in [3.8, 4) is 5.69 Å². The van der Waals surface area contributed by atoms with Gasteiger partial charge in [0.2, 0.25) is 0 Å². The Morgan fingerprint density at radius 2 is 2.05 bits per heavy atom. The largest absolute Gasteiger partial charge is 0.391 e. The lowest BCUT2D eigenvalue weighted by Gasteiger charge is -2.13. The number of tetrazole rings is 1. The average Bonchev–Trinajstić information content (AvgIpc) is 2.98. The standard InChI is InChI=1S/C14H19N5O2/c1-10(2)7-13(20)8-15-14(21)11-3-5-12(6-4-11)19-9-16-17-18-19/h3-6,9-10,13,20H,7-8H2,1-2H3,(H,15,21). The predicted octanol–water partition coefficient (Wildman–Crippen LogP) is 0.799. The fraction of sp³-hybridized carbons (Fsp3) is 0.429. The van der Waals surface area contributed by atoms with E-state index < -0.39 is 6.10 Å². The van der Waals surface area contributed by atoms with Crippen molar-refractivity contribution in [2.45, 2.75) is 26.4 Å². The minimum absolute atomic E-state index is 0.207. The highest BCUT2D eigenvalue weighted by atomic mass is 16.3. The SMILES string of the molecule is CC(C)CC(O)CNC(=O)c1ccc(-n2cnnn2)cc1. The monoisotopic (exact) mass is 289 g/mol. The van der Waals surface area contributed by atoms with Gasteiger partial charge in [-0.1, -0.05) is 13.8 Å². The first-order valence-corrected chi connectivity index (χ1v) is 6.86. The molecule has 7 nitrogen and oxygen atoms in total. The van der Waals surface area contributed by atoms with E-state index in [1.165, 1.54) is 11.0 Å². The lowest BCUT2D eigenvalue weighted by molar-refractivity contribution is 0.0900. The van der Waals surface area contributed by atoms with Gasteiger partial charge in [0.1, 0.15) is 6.33 Å². The van der Waals surface area contributed by atoms with Crippen molar-refractivity contribution in [2.24, 2.45) is 5.92 Å². The third-order valence-electron chi connectivity index (χ3n) is 2.98. The number of nitrogens with one attached hydrogen (secondary N) is 1. The Labute approximate surface area is 123 Å². The molecular formula is C14H19N5O2. The molecule has 2 N–H and O–H groups in total. The Kier molecular flexibility index (Phi) is 4.99. The zero-order chi connectivity index (χ0) is 15.2. The lowest BCUT2D eigenvalue weighted by atomic mass is 10.1. The van der Waals surface area contributed by atoms with Gasteiger partial charge >= 0.3 is 0 Å². The van der Waals surface area contributed by atoms with Crippen molar-refractivity contribution in [1.29, 1.82) is 0 Å². The third-order valence-corrected chi connectivity index (χ3v) is 2.98. The summed E-state index contributed by atoms with van der Waals surface area (Å²) < 4.78 is 1.51. The molecule has 1 aromatic heterocycles. The number of aliphatic hydroxyl groups is 1. The Morgan fingerprint density at radius 3 is 2.62 bits per heavy atom. The molecule has 0 saturated heterocycles. The van der Waals surface area contributed by atoms with Gasteiger partial charge in [-0.15, -0.1) is 5.10 Å². The smallest absolute Gasteiger partial charge is 0.251 e. The molecule has 1 amide bonds. The van der Waals surface area contributed by atoms with Crippen LogP contribution in [0.15, 0.2) is 30.6 Å². The van der Waals surface area contributed by atoms with Crippen LogP contribution in [0.4, 0.5) is 0 Å². The number of aliphatic hydroxyl groups excluding tert-OH is 1. The molecular weight excluding hydrogens is 270 g/mol. The normalized spacial score (nSPS) is 12.4. The molecule has 1 unspecified atom stereocenters. The van der Waals surface area contributed by atoms with Crippen LogP contribution in [-0.2, 0) is 0 Å². The van der Waals surface area contributed by atoms with Crippen molar-refractivity contribution in [1.82, 2.24) is 25.5 Å². The zero-order valence-corrected chi connectivity index (χ0v) is 12.1. The summed E-state index contributed by atoms with van der Waals surface area (Å²) in [4.78, 5) is 12.0. The van der Waals surface area contributed by atoms with Crippen LogP contribution in [0.25, 0.3) is 5.69 Å². The number of benzene rings is 1. The van der Waals surface area contributed by atoms with Gasteiger partial charge in [0.05, 0.1) is 11.8 Å². The topological polar surface area (TPSA) is 92.9 Å². The molecule has 0 aliphatic carbocycles. The van der Waals surface area contributed by atoms with Crippen LogP contribution < -0.4 is 5.32 Å². The number of amides is 1. The van der Waals surface area contributed by atoms with Crippen LogP contribution in [0, 0.1) is 5.92 Å². The summed E-state index contributed by atoms with van der Waals surface area (Å²) >= 11 is 0. The Morgan fingerprint density at radius 1 is 1.33 bits per heavy atom. The van der Waals surface area contributed by atoms with Crippen LogP contribution in [0.3, 0.4) is 0 Å². The van der Waals surface area contributed by atoms with Gasteiger partial charge in [0.25, 0.3) is 5.91 Å². The van der Waals surface area contributed by atoms with E-state index >= 15 is 0 Å². The molecule has 21 heavy (non-hydrogen) atoms. The maximum Gasteiger partial charge on any atom is 0.251 e. The van der Waals surface area contributed by atoms with E-state index in [0.29, 0.717) is 17.9 Å². The number of rotatable bonds is 6. The number of carbonyl (C=O) groups excluding carboxylic acids is 1. The Hall–Kier alpha value is -2.28. The van der Waals surface area contributed by atoms with Crippen molar-refractivity contribution in [3.05, 3.63) is 36.2 Å². The van der Waals surface area contributed by atoms with Crippen molar-refractivity contribution in [3.63, 3.8) is 0 Å². The zero-order valence-electron chi connectivity index (χ0n) is 12.1. The summed E-state index contributed by atoms with van der Waals surface area (Å²) in [5.74, 6) is 0.188. The van der Waals surface area contributed by atoms with Crippen molar-refractivity contribution < 1.29 is 9.90 Å². The van der Waals surface area contributed by atoms with Crippen LogP contribution in [0.2, 0.25) is 0 Å². The number of carbonyl (C=O) groups is 1. The van der Waals surface area contributed by atoms with Gasteiger partial charge in [-0.25, -0.2) is 4.68 Å². The molecule has 0 spiro atoms. The Bertz CT molecular complexity index is 566. The second-order valence-corrected chi connectivity index (χ2v) is 5.29. The molecule has 0 fully saturated rings. The van der Waals surface area contributed by atoms with E-state index in [1.54, 1.807) is 24.3 Å². The van der Waals surface area contributed by atoms with E-state index in [-0.39, 0.29) is 12.5 Å². The second-order valence-electron chi connectivity index (χ2n) is 5.29. The van der Waals surface area contributed by atoms with Crippen LogP contribution in [0.5, 0.6) is 0 Å². The molecule has 112 valence electrons. The quantitative estimate of drug-likeness (QED) is 0.820. The number of nitrogens with zero attached hydrogens (tertiary/aromatic N) is 4. The molecule has 1 heterocycles. The molecule has 0 saturated carbocycles. The minimum atomic E-state index is -0.519. The second kappa shape index (κ2) is 6.94. The molecule has 0 bridgehead atoms. The fourth-order valence-electron chi connectivity index (χ4n) is 1.99. The van der Waals surface area contributed by atoms with Gasteiger partial charge in [0, 0.05) is 12.1 Å². The molecule has 0 aliphatic rings. The summed E-state index contributed by atoms with van der Waals surface area (Å²) in [7, 11) is 0. The van der Waals surface area contributed by atoms with E-state index in [0.717, 1.165) is 5.69 Å². The van der Waals surface area contributed by atoms with Crippen molar-refractivity contribution >= 4 is 5.91 Å². The predicted molar refractivity (Wildman–Crippen MR) is 76.9 cm³/mol. The number of aromatic nitrogens is 4. The maximum atomic E-state index is 12.0. The van der Waals surface area contributed by atoms with E-state index in [9.17, 15) is 9.90 Å². The summed E-state index contributed by atoms with van der Waals surface area (Å²) in [5, 5.41) is 23.3. The summed E-state index contributed by atoms with van der Waals surface area (Å²) in [6.07, 6.45) is 1.63. The number of hydrogen-bond donors (Lipinski definition) is 2. The maximum absolute atomic E-state index is 12.0. The third kappa shape index (κ3) is 4.35. The summed E-state index contributed by atoms with van der Waals surface area (Å²) in [6, 6.07) is 6.91. The molecule has 2 aromatic rings. The van der Waals surface area contributed by atoms with Gasteiger partial charge in [-0.3, -0.25) is 4.79 Å². The fourth-order valence-corrected chi connectivity index (χ4v) is 1.99. The highest BCUT2D eigenvalue weighted by Gasteiger charge is 2.10. The van der Waals surface area contributed by atoms with E-state index in [1.807, 2.05) is 13.8 Å². The van der Waals surface area contributed by atoms with E-state index in [4.69, 9.17) is 0 Å². The van der Waals surface area contributed by atoms with Crippen LogP contribution in [-0.4, -0.2) is 43.9 Å². The van der Waals surface area contributed by atoms with Gasteiger partial charge in [-0.2, -0.15) is 0 Å². The molecule has 1 aromatic carbocycles. The van der Waals surface area contributed by atoms with Gasteiger partial charge in [0.15, 0.2) is 0 Å². The molecule has 7 heteroatoms. The lowest BCUT2D eigenvalue weighted by Crippen LogP contribution is -2.32. The van der Waals surface area contributed by atoms with Gasteiger partial charge in [-0.05, 0) is 47.0 Å². The first-order valence-electron chi connectivity index (χ1n) is 6.86. The summed E-state index contributed by atoms with van der Waals surface area (Å²) in [5.41, 5.74) is 1.31. The molecule has 0 aliphatic heterocycles. The first kappa shape index (κ1) is 15.1.